The third-order valence-corrected chi connectivity index (χ3v) is 5.88. The van der Waals surface area contributed by atoms with E-state index in [4.69, 9.17) is 11.6 Å². The van der Waals surface area contributed by atoms with E-state index in [9.17, 15) is 23.1 Å². The van der Waals surface area contributed by atoms with Gasteiger partial charge in [-0.15, -0.1) is 11.3 Å². The number of aromatic nitrogens is 2. The third kappa shape index (κ3) is 4.97. The highest BCUT2D eigenvalue weighted by Gasteiger charge is 2.31. The Hall–Kier alpha value is -2.69. The molecule has 0 spiro atoms. The van der Waals surface area contributed by atoms with Crippen LogP contribution in [0.15, 0.2) is 41.9 Å². The number of phenols is 1. The van der Waals surface area contributed by atoms with Crippen molar-refractivity contribution in [1.82, 2.24) is 9.97 Å². The van der Waals surface area contributed by atoms with Crippen molar-refractivity contribution >= 4 is 55.5 Å². The lowest BCUT2D eigenvalue weighted by molar-refractivity contribution is -0.137. The number of aromatic hydroxyl groups is 1. The molecule has 31 heavy (non-hydrogen) atoms. The highest BCUT2D eigenvalue weighted by molar-refractivity contribution is 7.22. The lowest BCUT2D eigenvalue weighted by Gasteiger charge is -2.09. The zero-order chi connectivity index (χ0) is 22.8. The lowest BCUT2D eigenvalue weighted by Crippen LogP contribution is -2.12. The van der Waals surface area contributed by atoms with Crippen LogP contribution < -0.4 is 5.32 Å². The van der Waals surface area contributed by atoms with Gasteiger partial charge in [0.2, 0.25) is 0 Å². The van der Waals surface area contributed by atoms with E-state index in [0.717, 1.165) is 23.5 Å². The summed E-state index contributed by atoms with van der Waals surface area (Å²) in [7, 11) is 0. The Morgan fingerprint density at radius 2 is 1.94 bits per heavy atom. The molecule has 11 heteroatoms. The number of hydrogen-bond acceptors (Lipinski definition) is 6. The summed E-state index contributed by atoms with van der Waals surface area (Å²) in [5.74, 6) is -1.000. The summed E-state index contributed by atoms with van der Waals surface area (Å²) in [6.45, 7) is 4.00. The number of nitrogens with one attached hydrogen (secondary N) is 1. The number of benzene rings is 2. The largest absolute Gasteiger partial charge is 0.506 e. The number of amides is 1. The molecular formula is C20H15ClF3N3O2S2. The van der Waals surface area contributed by atoms with E-state index in [-0.39, 0.29) is 26.2 Å². The van der Waals surface area contributed by atoms with Crippen LogP contribution in [0.5, 0.6) is 5.75 Å². The van der Waals surface area contributed by atoms with Crippen molar-refractivity contribution < 1.29 is 23.1 Å². The van der Waals surface area contributed by atoms with Gasteiger partial charge in [0.1, 0.15) is 10.8 Å². The fourth-order valence-corrected chi connectivity index (χ4v) is 4.38. The van der Waals surface area contributed by atoms with Gasteiger partial charge in [-0.05, 0) is 30.3 Å². The quantitative estimate of drug-likeness (QED) is 0.325. The van der Waals surface area contributed by atoms with Crippen LogP contribution in [0.3, 0.4) is 0 Å². The Morgan fingerprint density at radius 1 is 1.19 bits per heavy atom. The number of rotatable bonds is 3. The average molecular weight is 486 g/mol. The molecule has 0 saturated heterocycles. The Labute approximate surface area is 188 Å². The molecule has 4 aromatic rings. The maximum Gasteiger partial charge on any atom is 0.416 e. The van der Waals surface area contributed by atoms with E-state index in [1.165, 1.54) is 29.5 Å². The number of fused-ring (bicyclic) bond motifs is 1. The Morgan fingerprint density at radius 3 is 2.58 bits per heavy atom. The first-order chi connectivity index (χ1) is 14.7. The second-order valence-electron chi connectivity index (χ2n) is 5.84. The molecule has 1 amide bonds. The van der Waals surface area contributed by atoms with Gasteiger partial charge in [0.25, 0.3) is 5.91 Å². The Kier molecular flexibility index (Phi) is 6.83. The molecule has 0 aliphatic rings. The summed E-state index contributed by atoms with van der Waals surface area (Å²) < 4.78 is 38.9. The summed E-state index contributed by atoms with van der Waals surface area (Å²) in [5.41, 5.74) is -0.279. The van der Waals surface area contributed by atoms with Crippen LogP contribution in [0.4, 0.5) is 18.3 Å². The number of halogens is 4. The van der Waals surface area contributed by atoms with Crippen LogP contribution in [-0.4, -0.2) is 21.0 Å². The first-order valence-corrected chi connectivity index (χ1v) is 11.0. The highest BCUT2D eigenvalue weighted by atomic mass is 35.5. The summed E-state index contributed by atoms with van der Waals surface area (Å²) in [4.78, 5) is 20.9. The third-order valence-electron chi connectivity index (χ3n) is 3.92. The van der Waals surface area contributed by atoms with Gasteiger partial charge in [0, 0.05) is 16.6 Å². The number of alkyl halides is 3. The van der Waals surface area contributed by atoms with E-state index in [2.05, 4.69) is 15.3 Å². The van der Waals surface area contributed by atoms with Crippen LogP contribution in [0.25, 0.3) is 20.8 Å². The fraction of sp³-hybridized carbons (Fsp3) is 0.150. The number of hydrogen-bond donors (Lipinski definition) is 2. The molecular weight excluding hydrogens is 471 g/mol. The van der Waals surface area contributed by atoms with Crippen molar-refractivity contribution in [2.24, 2.45) is 0 Å². The smallest absolute Gasteiger partial charge is 0.416 e. The average Bonchev–Trinajstić information content (AvgIpc) is 3.39. The minimum absolute atomic E-state index is 0.0968. The first-order valence-electron chi connectivity index (χ1n) is 8.94. The molecule has 0 bridgehead atoms. The van der Waals surface area contributed by atoms with Crippen LogP contribution >= 0.6 is 34.3 Å². The van der Waals surface area contributed by atoms with Gasteiger partial charge < -0.3 is 5.11 Å². The molecule has 2 aromatic heterocycles. The van der Waals surface area contributed by atoms with Crippen LogP contribution in [-0.2, 0) is 6.18 Å². The van der Waals surface area contributed by atoms with Gasteiger partial charge in [-0.1, -0.05) is 36.8 Å². The molecule has 2 aromatic carbocycles. The summed E-state index contributed by atoms with van der Waals surface area (Å²) in [6, 6.07) is 5.92. The van der Waals surface area contributed by atoms with Crippen molar-refractivity contribution in [1.29, 1.82) is 0 Å². The first kappa shape index (κ1) is 23.0. The highest BCUT2D eigenvalue weighted by Crippen LogP contribution is 2.37. The lowest BCUT2D eigenvalue weighted by atomic mass is 10.1. The van der Waals surface area contributed by atoms with Crippen LogP contribution in [0.1, 0.15) is 29.8 Å². The topological polar surface area (TPSA) is 75.1 Å². The van der Waals surface area contributed by atoms with Gasteiger partial charge in [-0.3, -0.25) is 10.1 Å². The SMILES string of the molecule is CC.O=C(Nc1nc2ccc(C(F)(F)F)cc2s1)c1cc(Cl)cc(-c2nccs2)c1O. The zero-order valence-electron chi connectivity index (χ0n) is 16.1. The molecule has 4 rings (SSSR count). The molecule has 0 saturated carbocycles. The maximum absolute atomic E-state index is 12.9. The number of nitrogens with zero attached hydrogens (tertiary/aromatic N) is 2. The monoisotopic (exact) mass is 485 g/mol. The molecule has 0 atom stereocenters. The number of phenolic OH excluding ortho intramolecular Hbond substituents is 1. The molecule has 5 nitrogen and oxygen atoms in total. The molecule has 162 valence electrons. The molecule has 2 N–H and O–H groups in total. The minimum Gasteiger partial charge on any atom is -0.506 e. The summed E-state index contributed by atoms with van der Waals surface area (Å²) in [6.07, 6.45) is -2.92. The minimum atomic E-state index is -4.47. The predicted octanol–water partition coefficient (Wildman–Crippen LogP) is 7.08. The molecule has 0 unspecified atom stereocenters. The number of anilines is 1. The number of thiazole rings is 2. The van der Waals surface area contributed by atoms with E-state index >= 15 is 0 Å². The van der Waals surface area contributed by atoms with E-state index < -0.39 is 17.6 Å². The van der Waals surface area contributed by atoms with Gasteiger partial charge in [-0.25, -0.2) is 9.97 Å². The molecule has 0 fully saturated rings. The fourth-order valence-electron chi connectivity index (χ4n) is 2.61. The van der Waals surface area contributed by atoms with E-state index in [1.54, 1.807) is 11.6 Å². The van der Waals surface area contributed by atoms with E-state index in [0.29, 0.717) is 16.1 Å². The van der Waals surface area contributed by atoms with Gasteiger partial charge in [-0.2, -0.15) is 13.2 Å². The van der Waals surface area contributed by atoms with Crippen LogP contribution in [0, 0.1) is 0 Å². The summed E-state index contributed by atoms with van der Waals surface area (Å²) >= 11 is 8.24. The van der Waals surface area contributed by atoms with Gasteiger partial charge in [0.05, 0.1) is 26.9 Å². The molecule has 2 heterocycles. The second kappa shape index (κ2) is 9.21. The van der Waals surface area contributed by atoms with Crippen molar-refractivity contribution in [3.63, 3.8) is 0 Å². The van der Waals surface area contributed by atoms with Crippen molar-refractivity contribution in [2.45, 2.75) is 20.0 Å². The predicted molar refractivity (Wildman–Crippen MR) is 118 cm³/mol. The standard InChI is InChI=1S/C18H9ClF3N3O2S2.C2H6/c19-9-6-10(14(26)11(7-9)16-23-3-4-28-16)15(27)25-17-24-12-2-1-8(18(20,21)22)5-13(12)29-17;1-2/h1-7,26H,(H,24,25,27);1-2H3. The summed E-state index contributed by atoms with van der Waals surface area (Å²) in [5, 5.41) is 15.5. The number of carbonyl (C=O) groups excluding carboxylic acids is 1. The molecule has 0 aliphatic heterocycles. The maximum atomic E-state index is 12.9. The normalized spacial score (nSPS) is 11.2. The van der Waals surface area contributed by atoms with Gasteiger partial charge in [0.15, 0.2) is 5.13 Å². The Bertz CT molecular complexity index is 1220. The van der Waals surface area contributed by atoms with E-state index in [1.807, 2.05) is 13.8 Å². The van der Waals surface area contributed by atoms with Gasteiger partial charge >= 0.3 is 6.18 Å². The molecule has 0 radical (unpaired) electrons. The van der Waals surface area contributed by atoms with Crippen molar-refractivity contribution in [2.75, 3.05) is 5.32 Å². The zero-order valence-corrected chi connectivity index (χ0v) is 18.5. The Balaban J connectivity index is 0.00000132. The van der Waals surface area contributed by atoms with Crippen molar-refractivity contribution in [3.8, 4) is 16.3 Å². The van der Waals surface area contributed by atoms with Crippen LogP contribution in [0.2, 0.25) is 5.02 Å². The number of carbonyl (C=O) groups is 1. The molecule has 0 aliphatic carbocycles. The second-order valence-corrected chi connectivity index (χ2v) is 8.20. The van der Waals surface area contributed by atoms with Crippen molar-refractivity contribution in [3.05, 3.63) is 58.1 Å².